The van der Waals surface area contributed by atoms with Crippen molar-refractivity contribution < 1.29 is 13.9 Å². The van der Waals surface area contributed by atoms with Gasteiger partial charge in [-0.1, -0.05) is 0 Å². The van der Waals surface area contributed by atoms with Crippen LogP contribution in [0.2, 0.25) is 0 Å². The van der Waals surface area contributed by atoms with Crippen LogP contribution in [0.5, 0.6) is 0 Å². The zero-order chi connectivity index (χ0) is 19.8. The van der Waals surface area contributed by atoms with Gasteiger partial charge < -0.3 is 20.3 Å². The van der Waals surface area contributed by atoms with Crippen molar-refractivity contribution in [3.05, 3.63) is 47.5 Å². The standard InChI is InChI=1S/C21H24FN5O2/c22-16-3-5-17(6-4-16)25-20(28)27-8-7-21(12-27)13-29-11-15-10-24-19(26-18(15)21)23-9-14-1-2-14/h3-6,10,14H,1-2,7-9,11-13H2,(H,25,28)(H,23,24,26). The summed E-state index contributed by atoms with van der Waals surface area (Å²) in [5.41, 5.74) is 2.25. The lowest BCUT2D eigenvalue weighted by atomic mass is 9.81. The number of carbonyl (C=O) groups is 1. The number of rotatable bonds is 4. The van der Waals surface area contributed by atoms with Gasteiger partial charge in [-0.05, 0) is 49.4 Å². The molecule has 2 amide bonds. The monoisotopic (exact) mass is 397 g/mol. The van der Waals surface area contributed by atoms with Crippen LogP contribution in [0.3, 0.4) is 0 Å². The van der Waals surface area contributed by atoms with Gasteiger partial charge in [-0.2, -0.15) is 0 Å². The number of urea groups is 1. The van der Waals surface area contributed by atoms with Crippen LogP contribution in [0, 0.1) is 11.7 Å². The quantitative estimate of drug-likeness (QED) is 0.829. The van der Waals surface area contributed by atoms with Gasteiger partial charge in [0.1, 0.15) is 5.82 Å². The molecule has 1 saturated heterocycles. The van der Waals surface area contributed by atoms with Crippen LogP contribution in [0.1, 0.15) is 30.5 Å². The van der Waals surface area contributed by atoms with Crippen LogP contribution in [0.15, 0.2) is 30.5 Å². The smallest absolute Gasteiger partial charge is 0.321 e. The number of halogens is 1. The molecule has 0 radical (unpaired) electrons. The fourth-order valence-electron chi connectivity index (χ4n) is 4.13. The molecule has 2 aliphatic heterocycles. The first-order chi connectivity index (χ1) is 14.1. The molecular weight excluding hydrogens is 373 g/mol. The van der Waals surface area contributed by atoms with Crippen LogP contribution < -0.4 is 10.6 Å². The number of hydrogen-bond donors (Lipinski definition) is 2. The number of benzene rings is 1. The summed E-state index contributed by atoms with van der Waals surface area (Å²) in [6.45, 7) is 3.10. The van der Waals surface area contributed by atoms with Gasteiger partial charge in [-0.3, -0.25) is 0 Å². The maximum absolute atomic E-state index is 13.1. The third kappa shape index (κ3) is 3.76. The van der Waals surface area contributed by atoms with Crippen LogP contribution in [-0.2, 0) is 16.8 Å². The average Bonchev–Trinajstić information content (AvgIpc) is 3.47. The molecule has 2 aromatic rings. The van der Waals surface area contributed by atoms with Crippen molar-refractivity contribution in [2.24, 2.45) is 5.92 Å². The second-order valence-corrected chi connectivity index (χ2v) is 8.27. The van der Waals surface area contributed by atoms with E-state index in [2.05, 4.69) is 15.6 Å². The predicted molar refractivity (Wildman–Crippen MR) is 106 cm³/mol. The molecule has 3 heterocycles. The molecule has 2 fully saturated rings. The normalized spacial score (nSPS) is 23.1. The van der Waals surface area contributed by atoms with E-state index in [1.165, 1.54) is 25.0 Å². The first-order valence-electron chi connectivity index (χ1n) is 10.1. The van der Waals surface area contributed by atoms with Crippen molar-refractivity contribution in [3.63, 3.8) is 0 Å². The van der Waals surface area contributed by atoms with Crippen molar-refractivity contribution in [3.8, 4) is 0 Å². The summed E-state index contributed by atoms with van der Waals surface area (Å²) in [6.07, 6.45) is 5.18. The Kier molecular flexibility index (Phi) is 4.58. The Balaban J connectivity index is 1.32. The Labute approximate surface area is 168 Å². The van der Waals surface area contributed by atoms with Crippen LogP contribution in [-0.4, -0.2) is 47.1 Å². The Morgan fingerprint density at radius 1 is 1.31 bits per heavy atom. The Morgan fingerprint density at radius 3 is 2.93 bits per heavy atom. The largest absolute Gasteiger partial charge is 0.376 e. The number of carbonyl (C=O) groups excluding carboxylic acids is 1. The third-order valence-corrected chi connectivity index (χ3v) is 5.99. The first kappa shape index (κ1) is 18.3. The Hall–Kier alpha value is -2.74. The molecule has 1 unspecified atom stereocenters. The third-order valence-electron chi connectivity index (χ3n) is 5.99. The molecule has 1 spiro atoms. The highest BCUT2D eigenvalue weighted by Gasteiger charge is 2.46. The highest BCUT2D eigenvalue weighted by molar-refractivity contribution is 5.89. The summed E-state index contributed by atoms with van der Waals surface area (Å²) in [7, 11) is 0. The number of nitrogens with zero attached hydrogens (tertiary/aromatic N) is 3. The molecule has 1 aromatic carbocycles. The summed E-state index contributed by atoms with van der Waals surface area (Å²) in [6, 6.07) is 5.59. The summed E-state index contributed by atoms with van der Waals surface area (Å²) in [5.74, 6) is 1.07. The molecule has 8 heteroatoms. The van der Waals surface area contributed by atoms with Crippen molar-refractivity contribution in [2.75, 3.05) is 36.9 Å². The van der Waals surface area contributed by atoms with Crippen LogP contribution in [0.4, 0.5) is 20.8 Å². The summed E-state index contributed by atoms with van der Waals surface area (Å²) in [4.78, 5) is 23.8. The van der Waals surface area contributed by atoms with Gasteiger partial charge in [0.05, 0.1) is 24.3 Å². The lowest BCUT2D eigenvalue weighted by Crippen LogP contribution is -2.42. The molecule has 1 atom stereocenters. The molecule has 2 N–H and O–H groups in total. The first-order valence-corrected chi connectivity index (χ1v) is 10.1. The van der Waals surface area contributed by atoms with E-state index in [0.29, 0.717) is 37.9 Å². The molecule has 3 aliphatic rings. The SMILES string of the molecule is O=C(Nc1ccc(F)cc1)N1CCC2(COCc3cnc(NCC4CC4)nc32)C1. The van der Waals surface area contributed by atoms with Crippen molar-refractivity contribution in [1.29, 1.82) is 0 Å². The molecule has 0 bridgehead atoms. The van der Waals surface area contributed by atoms with Gasteiger partial charge in [0.15, 0.2) is 0 Å². The van der Waals surface area contributed by atoms with E-state index in [0.717, 1.165) is 30.1 Å². The molecule has 1 saturated carbocycles. The van der Waals surface area contributed by atoms with E-state index < -0.39 is 0 Å². The lowest BCUT2D eigenvalue weighted by molar-refractivity contribution is 0.0521. The van der Waals surface area contributed by atoms with Crippen LogP contribution >= 0.6 is 0 Å². The zero-order valence-corrected chi connectivity index (χ0v) is 16.2. The average molecular weight is 397 g/mol. The number of fused-ring (bicyclic) bond motifs is 2. The summed E-state index contributed by atoms with van der Waals surface area (Å²) < 4.78 is 18.9. The van der Waals surface area contributed by atoms with E-state index in [9.17, 15) is 9.18 Å². The molecule has 1 aromatic heterocycles. The van der Waals surface area contributed by atoms with E-state index in [4.69, 9.17) is 9.72 Å². The number of ether oxygens (including phenoxy) is 1. The minimum Gasteiger partial charge on any atom is -0.376 e. The van der Waals surface area contributed by atoms with Gasteiger partial charge >= 0.3 is 6.03 Å². The van der Waals surface area contributed by atoms with E-state index >= 15 is 0 Å². The number of hydrogen-bond acceptors (Lipinski definition) is 5. The van der Waals surface area contributed by atoms with Gasteiger partial charge in [0.2, 0.25) is 5.95 Å². The van der Waals surface area contributed by atoms with E-state index in [-0.39, 0.29) is 17.3 Å². The highest BCUT2D eigenvalue weighted by atomic mass is 19.1. The minimum atomic E-state index is -0.329. The topological polar surface area (TPSA) is 79.4 Å². The van der Waals surface area contributed by atoms with E-state index in [1.807, 2.05) is 6.20 Å². The lowest BCUT2D eigenvalue weighted by Gasteiger charge is -2.34. The van der Waals surface area contributed by atoms with Gasteiger partial charge in [-0.25, -0.2) is 19.2 Å². The Morgan fingerprint density at radius 2 is 2.14 bits per heavy atom. The van der Waals surface area contributed by atoms with Crippen molar-refractivity contribution >= 4 is 17.7 Å². The maximum atomic E-state index is 13.1. The van der Waals surface area contributed by atoms with Gasteiger partial charge in [0, 0.05) is 37.1 Å². The minimum absolute atomic E-state index is 0.193. The van der Waals surface area contributed by atoms with Crippen LogP contribution in [0.25, 0.3) is 0 Å². The van der Waals surface area contributed by atoms with Gasteiger partial charge in [-0.15, -0.1) is 0 Å². The fourth-order valence-corrected chi connectivity index (χ4v) is 4.13. The number of amides is 2. The second-order valence-electron chi connectivity index (χ2n) is 8.27. The molecular formula is C21H24FN5O2. The number of aromatic nitrogens is 2. The number of nitrogens with one attached hydrogen (secondary N) is 2. The molecule has 7 nitrogen and oxygen atoms in total. The zero-order valence-electron chi connectivity index (χ0n) is 16.2. The summed E-state index contributed by atoms with van der Waals surface area (Å²) >= 11 is 0. The molecule has 152 valence electrons. The Bertz CT molecular complexity index is 918. The maximum Gasteiger partial charge on any atom is 0.321 e. The molecule has 5 rings (SSSR count). The second kappa shape index (κ2) is 7.26. The van der Waals surface area contributed by atoms with Crippen molar-refractivity contribution in [1.82, 2.24) is 14.9 Å². The molecule has 29 heavy (non-hydrogen) atoms. The molecule has 1 aliphatic carbocycles. The van der Waals surface area contributed by atoms with E-state index in [1.54, 1.807) is 17.0 Å². The van der Waals surface area contributed by atoms with Gasteiger partial charge in [0.25, 0.3) is 0 Å². The number of likely N-dealkylation sites (tertiary alicyclic amines) is 1. The van der Waals surface area contributed by atoms with Crippen molar-refractivity contribution in [2.45, 2.75) is 31.3 Å². The fraction of sp³-hybridized carbons (Fsp3) is 0.476. The number of anilines is 2. The highest BCUT2D eigenvalue weighted by Crippen LogP contribution is 2.39. The predicted octanol–water partition coefficient (Wildman–Crippen LogP) is 3.14. The summed E-state index contributed by atoms with van der Waals surface area (Å²) in [5, 5.41) is 6.19.